The monoisotopic (exact) mass is 191 g/mol. The molecule has 0 aliphatic carbocycles. The molecule has 0 N–H and O–H groups in total. The highest BCUT2D eigenvalue weighted by atomic mass is 16.1. The van der Waals surface area contributed by atoms with Crippen molar-refractivity contribution < 1.29 is 0 Å². The van der Waals surface area contributed by atoms with Gasteiger partial charge in [-0.1, -0.05) is 13.3 Å². The SMILES string of the molecule is CCCCn1nc(C)c(C#N)cc1=O. The van der Waals surface area contributed by atoms with Crippen LogP contribution in [0.3, 0.4) is 0 Å². The van der Waals surface area contributed by atoms with Crippen molar-refractivity contribution in [2.75, 3.05) is 0 Å². The van der Waals surface area contributed by atoms with Crippen LogP contribution < -0.4 is 5.56 Å². The fourth-order valence-corrected chi connectivity index (χ4v) is 1.17. The van der Waals surface area contributed by atoms with Crippen molar-refractivity contribution in [1.29, 1.82) is 5.26 Å². The van der Waals surface area contributed by atoms with Crippen molar-refractivity contribution in [1.82, 2.24) is 9.78 Å². The van der Waals surface area contributed by atoms with Crippen LogP contribution in [-0.2, 0) is 6.54 Å². The maximum Gasteiger partial charge on any atom is 0.268 e. The second kappa shape index (κ2) is 4.56. The number of hydrogen-bond acceptors (Lipinski definition) is 3. The molecule has 0 spiro atoms. The Balaban J connectivity index is 3.05. The minimum Gasteiger partial charge on any atom is -0.268 e. The van der Waals surface area contributed by atoms with E-state index in [4.69, 9.17) is 5.26 Å². The molecule has 1 rings (SSSR count). The highest BCUT2D eigenvalue weighted by molar-refractivity contribution is 5.30. The number of aromatic nitrogens is 2. The van der Waals surface area contributed by atoms with Crippen molar-refractivity contribution in [2.45, 2.75) is 33.2 Å². The maximum atomic E-state index is 11.4. The van der Waals surface area contributed by atoms with E-state index in [0.717, 1.165) is 12.8 Å². The molecule has 14 heavy (non-hydrogen) atoms. The summed E-state index contributed by atoms with van der Waals surface area (Å²) in [7, 11) is 0. The molecular formula is C10H13N3O. The smallest absolute Gasteiger partial charge is 0.268 e. The van der Waals surface area contributed by atoms with Gasteiger partial charge in [0.25, 0.3) is 5.56 Å². The Kier molecular flexibility index (Phi) is 3.41. The van der Waals surface area contributed by atoms with E-state index in [1.165, 1.54) is 10.7 Å². The van der Waals surface area contributed by atoms with Crippen LogP contribution in [0.2, 0.25) is 0 Å². The second-order valence-corrected chi connectivity index (χ2v) is 3.17. The Bertz CT molecular complexity index is 414. The Labute approximate surface area is 82.8 Å². The van der Waals surface area contributed by atoms with Gasteiger partial charge in [0.05, 0.1) is 11.3 Å². The molecule has 0 saturated carbocycles. The summed E-state index contributed by atoms with van der Waals surface area (Å²) >= 11 is 0. The van der Waals surface area contributed by atoms with E-state index in [2.05, 4.69) is 12.0 Å². The van der Waals surface area contributed by atoms with E-state index in [1.807, 2.05) is 6.07 Å². The van der Waals surface area contributed by atoms with Gasteiger partial charge in [-0.2, -0.15) is 10.4 Å². The van der Waals surface area contributed by atoms with Gasteiger partial charge < -0.3 is 0 Å². The number of nitrogens with zero attached hydrogens (tertiary/aromatic N) is 3. The molecule has 4 nitrogen and oxygen atoms in total. The Hall–Kier alpha value is -1.63. The largest absolute Gasteiger partial charge is 0.268 e. The Morgan fingerprint density at radius 1 is 1.64 bits per heavy atom. The van der Waals surface area contributed by atoms with Crippen molar-refractivity contribution in [3.63, 3.8) is 0 Å². The zero-order chi connectivity index (χ0) is 10.6. The highest BCUT2D eigenvalue weighted by Crippen LogP contribution is 1.98. The van der Waals surface area contributed by atoms with Crippen LogP contribution in [0.5, 0.6) is 0 Å². The third kappa shape index (κ3) is 2.19. The van der Waals surface area contributed by atoms with E-state index in [1.54, 1.807) is 6.92 Å². The molecule has 0 fully saturated rings. The van der Waals surface area contributed by atoms with Crippen LogP contribution in [0.15, 0.2) is 10.9 Å². The molecule has 0 amide bonds. The highest BCUT2D eigenvalue weighted by Gasteiger charge is 2.03. The predicted molar refractivity (Wildman–Crippen MR) is 52.9 cm³/mol. The average molecular weight is 191 g/mol. The zero-order valence-electron chi connectivity index (χ0n) is 8.45. The van der Waals surface area contributed by atoms with Gasteiger partial charge in [0, 0.05) is 12.6 Å². The molecule has 0 bridgehead atoms. The lowest BCUT2D eigenvalue weighted by atomic mass is 10.2. The number of rotatable bonds is 3. The molecule has 1 heterocycles. The van der Waals surface area contributed by atoms with Gasteiger partial charge in [0.1, 0.15) is 6.07 Å². The van der Waals surface area contributed by atoms with E-state index in [9.17, 15) is 4.79 Å². The van der Waals surface area contributed by atoms with Crippen LogP contribution >= 0.6 is 0 Å². The van der Waals surface area contributed by atoms with Crippen LogP contribution in [0.25, 0.3) is 0 Å². The summed E-state index contributed by atoms with van der Waals surface area (Å²) in [5, 5.41) is 12.7. The molecule has 1 aromatic rings. The summed E-state index contributed by atoms with van der Waals surface area (Å²) in [5.41, 5.74) is 0.784. The molecule has 0 aliphatic rings. The van der Waals surface area contributed by atoms with Gasteiger partial charge in [-0.3, -0.25) is 4.79 Å². The molecule has 0 unspecified atom stereocenters. The fourth-order valence-electron chi connectivity index (χ4n) is 1.17. The van der Waals surface area contributed by atoms with E-state index in [0.29, 0.717) is 17.8 Å². The summed E-state index contributed by atoms with van der Waals surface area (Å²) < 4.78 is 1.42. The molecular weight excluding hydrogens is 178 g/mol. The lowest BCUT2D eigenvalue weighted by molar-refractivity contribution is 0.536. The lowest BCUT2D eigenvalue weighted by Crippen LogP contribution is -2.23. The predicted octanol–water partition coefficient (Wildman–Crippen LogP) is 1.22. The van der Waals surface area contributed by atoms with Crippen molar-refractivity contribution >= 4 is 0 Å². The topological polar surface area (TPSA) is 58.7 Å². The van der Waals surface area contributed by atoms with Gasteiger partial charge in [0.15, 0.2) is 0 Å². The standard InChI is InChI=1S/C10H13N3O/c1-3-4-5-13-10(14)6-9(7-11)8(2)12-13/h6H,3-5H2,1-2H3. The zero-order valence-corrected chi connectivity index (χ0v) is 8.45. The summed E-state index contributed by atoms with van der Waals surface area (Å²) in [6.07, 6.45) is 1.95. The number of nitriles is 1. The molecule has 0 aromatic carbocycles. The number of hydrogen-bond donors (Lipinski definition) is 0. The summed E-state index contributed by atoms with van der Waals surface area (Å²) in [5.74, 6) is 0. The van der Waals surface area contributed by atoms with Crippen LogP contribution in [0, 0.1) is 18.3 Å². The number of aryl methyl sites for hydroxylation is 2. The quantitative estimate of drug-likeness (QED) is 0.721. The van der Waals surface area contributed by atoms with Crippen molar-refractivity contribution in [2.24, 2.45) is 0 Å². The molecule has 0 aliphatic heterocycles. The van der Waals surface area contributed by atoms with Crippen LogP contribution in [0.4, 0.5) is 0 Å². The minimum absolute atomic E-state index is 0.194. The molecule has 0 radical (unpaired) electrons. The van der Waals surface area contributed by atoms with Crippen molar-refractivity contribution in [3.8, 4) is 6.07 Å². The first-order valence-electron chi connectivity index (χ1n) is 4.68. The molecule has 4 heteroatoms. The summed E-state index contributed by atoms with van der Waals surface area (Å²) in [4.78, 5) is 11.4. The fraction of sp³-hybridized carbons (Fsp3) is 0.500. The van der Waals surface area contributed by atoms with E-state index in [-0.39, 0.29) is 5.56 Å². The Morgan fingerprint density at radius 2 is 2.36 bits per heavy atom. The third-order valence-corrected chi connectivity index (χ3v) is 2.03. The van der Waals surface area contributed by atoms with Gasteiger partial charge in [-0.25, -0.2) is 4.68 Å². The number of unbranched alkanes of at least 4 members (excludes halogenated alkanes) is 1. The summed E-state index contributed by atoms with van der Waals surface area (Å²) in [6, 6.07) is 3.29. The first-order chi connectivity index (χ1) is 6.69. The minimum atomic E-state index is -0.194. The molecule has 74 valence electrons. The first-order valence-corrected chi connectivity index (χ1v) is 4.68. The van der Waals surface area contributed by atoms with Gasteiger partial charge in [-0.15, -0.1) is 0 Å². The average Bonchev–Trinajstić information content (AvgIpc) is 2.18. The van der Waals surface area contributed by atoms with E-state index < -0.39 is 0 Å². The Morgan fingerprint density at radius 3 is 2.93 bits per heavy atom. The third-order valence-electron chi connectivity index (χ3n) is 2.03. The molecule has 1 aromatic heterocycles. The first kappa shape index (κ1) is 10.5. The van der Waals surface area contributed by atoms with E-state index >= 15 is 0 Å². The lowest BCUT2D eigenvalue weighted by Gasteiger charge is -2.04. The normalized spacial score (nSPS) is 9.79. The summed E-state index contributed by atoms with van der Waals surface area (Å²) in [6.45, 7) is 4.42. The van der Waals surface area contributed by atoms with Crippen LogP contribution in [-0.4, -0.2) is 9.78 Å². The second-order valence-electron chi connectivity index (χ2n) is 3.17. The molecule has 0 atom stereocenters. The van der Waals surface area contributed by atoms with Gasteiger partial charge in [0.2, 0.25) is 0 Å². The van der Waals surface area contributed by atoms with Crippen molar-refractivity contribution in [3.05, 3.63) is 27.7 Å². The maximum absolute atomic E-state index is 11.4. The molecule has 0 saturated heterocycles. The van der Waals surface area contributed by atoms with Gasteiger partial charge >= 0.3 is 0 Å². The van der Waals surface area contributed by atoms with Crippen LogP contribution in [0.1, 0.15) is 31.0 Å². The van der Waals surface area contributed by atoms with Gasteiger partial charge in [-0.05, 0) is 13.3 Å².